The highest BCUT2D eigenvalue weighted by atomic mass is 16.6. The molecule has 6 heteroatoms. The molecule has 6 nitrogen and oxygen atoms in total. The number of hydrogen-bond acceptors (Lipinski definition) is 4. The van der Waals surface area contributed by atoms with Crippen molar-refractivity contribution in [2.24, 2.45) is 0 Å². The van der Waals surface area contributed by atoms with Crippen LogP contribution in [0.25, 0.3) is 0 Å². The first-order valence-corrected chi connectivity index (χ1v) is 6.00. The molecular weight excluding hydrogens is 258 g/mol. The summed E-state index contributed by atoms with van der Waals surface area (Å²) in [5, 5.41) is 13.1. The zero-order valence-electron chi connectivity index (χ0n) is 10.9. The molecule has 1 aromatic carbocycles. The van der Waals surface area contributed by atoms with Crippen LogP contribution in [0.15, 0.2) is 42.6 Å². The largest absolute Gasteiger partial charge is 0.354 e. The number of non-ortho nitro benzene ring substituents is 1. The summed E-state index contributed by atoms with van der Waals surface area (Å²) < 4.78 is 0. The van der Waals surface area contributed by atoms with Gasteiger partial charge < -0.3 is 5.32 Å². The average Bonchev–Trinajstić information content (AvgIpc) is 2.47. The molecular formula is C14H13N3O3. The van der Waals surface area contributed by atoms with E-state index in [1.54, 1.807) is 31.4 Å². The first kappa shape index (κ1) is 13.7. The smallest absolute Gasteiger partial charge is 0.269 e. The predicted octanol–water partition coefficient (Wildman–Crippen LogP) is 1.94. The molecule has 2 aromatic rings. The van der Waals surface area contributed by atoms with Gasteiger partial charge in [-0.1, -0.05) is 12.1 Å². The van der Waals surface area contributed by atoms with E-state index in [9.17, 15) is 14.9 Å². The maximum Gasteiger partial charge on any atom is 0.269 e. The minimum atomic E-state index is -0.431. The van der Waals surface area contributed by atoms with Gasteiger partial charge in [-0.3, -0.25) is 19.9 Å². The number of carbonyl (C=O) groups is 1. The Morgan fingerprint density at radius 3 is 2.55 bits per heavy atom. The number of pyridine rings is 1. The highest BCUT2D eigenvalue weighted by Crippen LogP contribution is 2.15. The fourth-order valence-corrected chi connectivity index (χ4v) is 1.81. The summed E-state index contributed by atoms with van der Waals surface area (Å²) in [5.41, 5.74) is 2.28. The highest BCUT2D eigenvalue weighted by Gasteiger charge is 2.07. The lowest BCUT2D eigenvalue weighted by Crippen LogP contribution is -2.19. The van der Waals surface area contributed by atoms with E-state index >= 15 is 0 Å². The van der Waals surface area contributed by atoms with Crippen LogP contribution in [0.1, 0.15) is 21.6 Å². The third-order valence-corrected chi connectivity index (χ3v) is 2.84. The van der Waals surface area contributed by atoms with Crippen molar-refractivity contribution in [2.45, 2.75) is 6.42 Å². The number of amides is 1. The Labute approximate surface area is 115 Å². The monoisotopic (exact) mass is 271 g/mol. The first-order chi connectivity index (χ1) is 9.60. The summed E-state index contributed by atoms with van der Waals surface area (Å²) >= 11 is 0. The van der Waals surface area contributed by atoms with Crippen LogP contribution in [-0.4, -0.2) is 22.9 Å². The third-order valence-electron chi connectivity index (χ3n) is 2.84. The Morgan fingerprint density at radius 1 is 1.25 bits per heavy atom. The average molecular weight is 271 g/mol. The Hall–Kier alpha value is -2.76. The standard InChI is InChI=1S/C14H13N3O3/c1-15-14(18)13-9-11(6-7-16-13)8-10-2-4-12(5-3-10)17(19)20/h2-7,9H,8H2,1H3,(H,15,18). The number of hydrogen-bond donors (Lipinski definition) is 1. The summed E-state index contributed by atoms with van der Waals surface area (Å²) in [6.45, 7) is 0. The molecule has 0 saturated heterocycles. The molecule has 0 aliphatic carbocycles. The predicted molar refractivity (Wildman–Crippen MR) is 73.5 cm³/mol. The number of nitro benzene ring substituents is 1. The summed E-state index contributed by atoms with van der Waals surface area (Å²) in [4.78, 5) is 25.6. The minimum Gasteiger partial charge on any atom is -0.354 e. The molecule has 0 bridgehead atoms. The Morgan fingerprint density at radius 2 is 1.95 bits per heavy atom. The van der Waals surface area contributed by atoms with Crippen LogP contribution in [0.2, 0.25) is 0 Å². The fraction of sp³-hybridized carbons (Fsp3) is 0.143. The Bertz CT molecular complexity index is 638. The lowest BCUT2D eigenvalue weighted by Gasteiger charge is -2.04. The number of nitrogens with one attached hydrogen (secondary N) is 1. The SMILES string of the molecule is CNC(=O)c1cc(Cc2ccc([N+](=O)[O-])cc2)ccn1. The van der Waals surface area contributed by atoms with Crippen LogP contribution in [0.5, 0.6) is 0 Å². The van der Waals surface area contributed by atoms with Crippen LogP contribution < -0.4 is 5.32 Å². The van der Waals surface area contributed by atoms with Crippen molar-refractivity contribution in [2.75, 3.05) is 7.05 Å². The van der Waals surface area contributed by atoms with Gasteiger partial charge >= 0.3 is 0 Å². The maximum absolute atomic E-state index is 11.5. The van der Waals surface area contributed by atoms with Crippen molar-refractivity contribution in [3.8, 4) is 0 Å². The van der Waals surface area contributed by atoms with Gasteiger partial charge in [0.2, 0.25) is 0 Å². The van der Waals surface area contributed by atoms with Crippen molar-refractivity contribution in [3.05, 3.63) is 69.5 Å². The molecule has 2 rings (SSSR count). The topological polar surface area (TPSA) is 85.1 Å². The van der Waals surface area contributed by atoms with Gasteiger partial charge in [-0.15, -0.1) is 0 Å². The fourth-order valence-electron chi connectivity index (χ4n) is 1.81. The van der Waals surface area contributed by atoms with Crippen LogP contribution in [-0.2, 0) is 6.42 Å². The summed E-state index contributed by atoms with van der Waals surface area (Å²) in [7, 11) is 1.55. The molecule has 102 valence electrons. The molecule has 0 aliphatic rings. The molecule has 1 amide bonds. The quantitative estimate of drug-likeness (QED) is 0.680. The van der Waals surface area contributed by atoms with Gasteiger partial charge in [0.1, 0.15) is 5.69 Å². The van der Waals surface area contributed by atoms with E-state index in [0.29, 0.717) is 12.1 Å². The van der Waals surface area contributed by atoms with Gasteiger partial charge in [-0.05, 0) is 29.7 Å². The molecule has 0 unspecified atom stereocenters. The highest BCUT2D eigenvalue weighted by molar-refractivity contribution is 5.92. The lowest BCUT2D eigenvalue weighted by molar-refractivity contribution is -0.384. The van der Waals surface area contributed by atoms with Gasteiger partial charge in [-0.25, -0.2) is 0 Å². The van der Waals surface area contributed by atoms with Crippen molar-refractivity contribution in [3.63, 3.8) is 0 Å². The maximum atomic E-state index is 11.5. The van der Waals surface area contributed by atoms with Gasteiger partial charge in [0.15, 0.2) is 0 Å². The lowest BCUT2D eigenvalue weighted by atomic mass is 10.0. The molecule has 20 heavy (non-hydrogen) atoms. The van der Waals surface area contributed by atoms with Crippen LogP contribution in [0.4, 0.5) is 5.69 Å². The first-order valence-electron chi connectivity index (χ1n) is 6.00. The molecule has 1 aromatic heterocycles. The molecule has 0 aliphatic heterocycles. The molecule has 0 spiro atoms. The molecule has 0 radical (unpaired) electrons. The van der Waals surface area contributed by atoms with Crippen LogP contribution >= 0.6 is 0 Å². The molecule has 0 atom stereocenters. The number of rotatable bonds is 4. The second-order valence-corrected chi connectivity index (χ2v) is 4.23. The Balaban J connectivity index is 2.17. The number of benzene rings is 1. The van der Waals surface area contributed by atoms with Crippen molar-refractivity contribution >= 4 is 11.6 Å². The van der Waals surface area contributed by atoms with E-state index in [0.717, 1.165) is 11.1 Å². The third kappa shape index (κ3) is 3.17. The number of aromatic nitrogens is 1. The van der Waals surface area contributed by atoms with E-state index < -0.39 is 4.92 Å². The zero-order valence-corrected chi connectivity index (χ0v) is 10.9. The van der Waals surface area contributed by atoms with Gasteiger partial charge in [-0.2, -0.15) is 0 Å². The molecule has 1 heterocycles. The Kier molecular flexibility index (Phi) is 4.05. The van der Waals surface area contributed by atoms with Crippen LogP contribution in [0, 0.1) is 10.1 Å². The van der Waals surface area contributed by atoms with E-state index in [4.69, 9.17) is 0 Å². The number of nitro groups is 1. The normalized spacial score (nSPS) is 10.1. The van der Waals surface area contributed by atoms with E-state index in [2.05, 4.69) is 10.3 Å². The summed E-state index contributed by atoms with van der Waals surface area (Å²) in [5.74, 6) is -0.240. The molecule has 0 fully saturated rings. The zero-order chi connectivity index (χ0) is 14.5. The number of nitrogens with zero attached hydrogens (tertiary/aromatic N) is 2. The second-order valence-electron chi connectivity index (χ2n) is 4.23. The van der Waals surface area contributed by atoms with Gasteiger partial charge in [0.25, 0.3) is 11.6 Å². The van der Waals surface area contributed by atoms with Crippen molar-refractivity contribution in [1.82, 2.24) is 10.3 Å². The van der Waals surface area contributed by atoms with E-state index in [-0.39, 0.29) is 11.6 Å². The summed E-state index contributed by atoms with van der Waals surface area (Å²) in [6, 6.07) is 9.87. The van der Waals surface area contributed by atoms with Crippen molar-refractivity contribution in [1.29, 1.82) is 0 Å². The van der Waals surface area contributed by atoms with E-state index in [1.165, 1.54) is 12.1 Å². The van der Waals surface area contributed by atoms with Gasteiger partial charge in [0, 0.05) is 25.4 Å². The van der Waals surface area contributed by atoms with Gasteiger partial charge in [0.05, 0.1) is 4.92 Å². The van der Waals surface area contributed by atoms with Crippen LogP contribution in [0.3, 0.4) is 0 Å². The van der Waals surface area contributed by atoms with Crippen molar-refractivity contribution < 1.29 is 9.72 Å². The second kappa shape index (κ2) is 5.92. The summed E-state index contributed by atoms with van der Waals surface area (Å²) in [6.07, 6.45) is 2.16. The number of carbonyl (C=O) groups excluding carboxylic acids is 1. The molecule has 0 saturated carbocycles. The van der Waals surface area contributed by atoms with E-state index in [1.807, 2.05) is 6.07 Å². The molecule has 1 N–H and O–H groups in total. The minimum absolute atomic E-state index is 0.0644.